The van der Waals surface area contributed by atoms with Crippen LogP contribution in [0, 0.1) is 25.2 Å². The number of aromatic nitrogens is 1. The molecule has 0 aliphatic heterocycles. The molecule has 0 N–H and O–H groups in total. The number of nitriles is 1. The molecule has 0 saturated heterocycles. The Morgan fingerprint density at radius 3 is 2.81 bits per heavy atom. The Balaban J connectivity index is 1.90. The zero-order chi connectivity index (χ0) is 14.8. The first-order chi connectivity index (χ1) is 10.2. The Kier molecular flexibility index (Phi) is 3.72. The normalized spacial score (nSPS) is 10.7. The molecular weight excluding hydrogens is 276 g/mol. The van der Waals surface area contributed by atoms with Gasteiger partial charge in [-0.2, -0.15) is 5.26 Å². The second-order valence-electron chi connectivity index (χ2n) is 5.19. The number of nitrogens with zero attached hydrogens (tertiary/aromatic N) is 2. The van der Waals surface area contributed by atoms with E-state index in [4.69, 9.17) is 0 Å². The van der Waals surface area contributed by atoms with Gasteiger partial charge in [0.1, 0.15) is 6.07 Å². The molecule has 0 fully saturated rings. The lowest BCUT2D eigenvalue weighted by Gasteiger charge is -2.06. The molecule has 2 heterocycles. The first-order valence-corrected chi connectivity index (χ1v) is 7.86. The van der Waals surface area contributed by atoms with Crippen molar-refractivity contribution in [3.05, 3.63) is 71.0 Å². The highest BCUT2D eigenvalue weighted by Gasteiger charge is 2.10. The number of thioether (sulfide) groups is 1. The summed E-state index contributed by atoms with van der Waals surface area (Å²) in [5.74, 6) is 0.814. The molecule has 0 atom stereocenters. The summed E-state index contributed by atoms with van der Waals surface area (Å²) < 4.78 is 2.02. The van der Waals surface area contributed by atoms with E-state index in [9.17, 15) is 5.26 Å². The van der Waals surface area contributed by atoms with Gasteiger partial charge in [0.25, 0.3) is 0 Å². The van der Waals surface area contributed by atoms with E-state index in [-0.39, 0.29) is 0 Å². The topological polar surface area (TPSA) is 28.2 Å². The van der Waals surface area contributed by atoms with E-state index in [0.717, 1.165) is 22.4 Å². The van der Waals surface area contributed by atoms with Gasteiger partial charge in [-0.3, -0.25) is 0 Å². The van der Waals surface area contributed by atoms with Crippen molar-refractivity contribution >= 4 is 17.3 Å². The van der Waals surface area contributed by atoms with E-state index in [1.165, 1.54) is 16.0 Å². The minimum Gasteiger partial charge on any atom is -0.322 e. The maximum absolute atomic E-state index is 9.42. The highest BCUT2D eigenvalue weighted by molar-refractivity contribution is 7.98. The molecule has 1 aromatic carbocycles. The molecule has 3 rings (SSSR count). The molecule has 3 aromatic rings. The minimum atomic E-state index is 0.785. The third kappa shape index (κ3) is 2.68. The fourth-order valence-electron chi connectivity index (χ4n) is 2.53. The molecule has 0 amide bonds. The van der Waals surface area contributed by atoms with Crippen LogP contribution in [0.5, 0.6) is 0 Å². The molecule has 0 aliphatic rings. The molecular formula is C18H16N2S. The lowest BCUT2D eigenvalue weighted by Crippen LogP contribution is -1.85. The van der Waals surface area contributed by atoms with Gasteiger partial charge in [0.05, 0.1) is 11.1 Å². The van der Waals surface area contributed by atoms with Gasteiger partial charge >= 0.3 is 0 Å². The molecule has 2 nitrogen and oxygen atoms in total. The highest BCUT2D eigenvalue weighted by atomic mass is 32.2. The predicted octanol–water partition coefficient (Wildman–Crippen LogP) is 4.72. The van der Waals surface area contributed by atoms with Gasteiger partial charge in [0.2, 0.25) is 0 Å². The predicted molar refractivity (Wildman–Crippen MR) is 87.6 cm³/mol. The zero-order valence-electron chi connectivity index (χ0n) is 12.1. The van der Waals surface area contributed by atoms with Crippen LogP contribution >= 0.6 is 11.8 Å². The Labute approximate surface area is 129 Å². The van der Waals surface area contributed by atoms with Gasteiger partial charge in [-0.1, -0.05) is 23.8 Å². The van der Waals surface area contributed by atoms with Gasteiger partial charge < -0.3 is 4.40 Å². The Bertz CT molecular complexity index is 840. The largest absolute Gasteiger partial charge is 0.322 e. The summed E-state index contributed by atoms with van der Waals surface area (Å²) in [6.07, 6.45) is 4.05. The number of hydrogen-bond acceptors (Lipinski definition) is 2. The molecule has 0 spiro atoms. The van der Waals surface area contributed by atoms with Crippen molar-refractivity contribution in [1.82, 2.24) is 4.40 Å². The second-order valence-corrected chi connectivity index (χ2v) is 6.21. The van der Waals surface area contributed by atoms with Gasteiger partial charge in [0, 0.05) is 23.0 Å². The van der Waals surface area contributed by atoms with Crippen molar-refractivity contribution in [2.24, 2.45) is 0 Å². The van der Waals surface area contributed by atoms with Crippen molar-refractivity contribution in [1.29, 1.82) is 5.26 Å². The van der Waals surface area contributed by atoms with Crippen LogP contribution in [0.2, 0.25) is 0 Å². The fraction of sp³-hybridized carbons (Fsp3) is 0.167. The van der Waals surface area contributed by atoms with Crippen LogP contribution in [0.1, 0.15) is 22.3 Å². The van der Waals surface area contributed by atoms with Gasteiger partial charge in [-0.15, -0.1) is 11.8 Å². The average Bonchev–Trinajstić information content (AvgIpc) is 2.83. The summed E-state index contributed by atoms with van der Waals surface area (Å²) in [6.45, 7) is 4.24. The summed E-state index contributed by atoms with van der Waals surface area (Å²) in [4.78, 5) is 1.28. The van der Waals surface area contributed by atoms with Crippen LogP contribution in [-0.4, -0.2) is 4.40 Å². The molecule has 2 aromatic heterocycles. The summed E-state index contributed by atoms with van der Waals surface area (Å²) in [6, 6.07) is 14.8. The lowest BCUT2D eigenvalue weighted by molar-refractivity contribution is 1.18. The second kappa shape index (κ2) is 5.67. The summed E-state index contributed by atoms with van der Waals surface area (Å²) in [5, 5.41) is 9.42. The molecule has 21 heavy (non-hydrogen) atoms. The van der Waals surface area contributed by atoms with Gasteiger partial charge in [-0.05, 0) is 43.2 Å². The van der Waals surface area contributed by atoms with E-state index in [2.05, 4.69) is 44.3 Å². The van der Waals surface area contributed by atoms with Crippen molar-refractivity contribution in [2.45, 2.75) is 24.5 Å². The van der Waals surface area contributed by atoms with E-state index in [1.54, 1.807) is 11.8 Å². The number of hydrogen-bond donors (Lipinski definition) is 0. The van der Waals surface area contributed by atoms with Crippen LogP contribution in [0.15, 0.2) is 53.7 Å². The van der Waals surface area contributed by atoms with E-state index in [0.29, 0.717) is 0 Å². The van der Waals surface area contributed by atoms with E-state index < -0.39 is 0 Å². The van der Waals surface area contributed by atoms with Crippen molar-refractivity contribution in [3.63, 3.8) is 0 Å². The lowest BCUT2D eigenvalue weighted by atomic mass is 10.2. The third-order valence-electron chi connectivity index (χ3n) is 3.59. The van der Waals surface area contributed by atoms with Crippen LogP contribution in [0.4, 0.5) is 0 Å². The summed E-state index contributed by atoms with van der Waals surface area (Å²) in [7, 11) is 0. The Hall–Kier alpha value is -2.18. The fourth-order valence-corrected chi connectivity index (χ4v) is 3.51. The first-order valence-electron chi connectivity index (χ1n) is 6.88. The van der Waals surface area contributed by atoms with Crippen LogP contribution in [-0.2, 0) is 5.75 Å². The molecule has 3 heteroatoms. The minimum absolute atomic E-state index is 0.785. The highest BCUT2D eigenvalue weighted by Crippen LogP contribution is 2.29. The van der Waals surface area contributed by atoms with Crippen molar-refractivity contribution in [2.75, 3.05) is 0 Å². The van der Waals surface area contributed by atoms with Gasteiger partial charge in [0.15, 0.2) is 0 Å². The standard InChI is InChI=1S/C18H16N2S/c1-13-6-7-18(14(2)9-13)21-12-15-11-20-8-4-3-5-17(20)16(15)10-19/h3-9,11H,12H2,1-2H3. The average molecular weight is 292 g/mol. The quantitative estimate of drug-likeness (QED) is 0.653. The molecule has 104 valence electrons. The van der Waals surface area contributed by atoms with Crippen molar-refractivity contribution < 1.29 is 0 Å². The van der Waals surface area contributed by atoms with Crippen molar-refractivity contribution in [3.8, 4) is 6.07 Å². The number of fused-ring (bicyclic) bond motifs is 1. The summed E-state index contributed by atoms with van der Waals surface area (Å²) in [5.41, 5.74) is 5.43. The van der Waals surface area contributed by atoms with Crippen LogP contribution in [0.25, 0.3) is 5.52 Å². The molecule has 0 aliphatic carbocycles. The number of rotatable bonds is 3. The maximum Gasteiger partial charge on any atom is 0.102 e. The molecule has 0 radical (unpaired) electrons. The molecule has 0 saturated carbocycles. The zero-order valence-corrected chi connectivity index (χ0v) is 12.9. The SMILES string of the molecule is Cc1ccc(SCc2cn3ccccc3c2C#N)c(C)c1. The number of benzene rings is 1. The van der Waals surface area contributed by atoms with E-state index >= 15 is 0 Å². The van der Waals surface area contributed by atoms with Gasteiger partial charge in [-0.25, -0.2) is 0 Å². The number of pyridine rings is 1. The Morgan fingerprint density at radius 1 is 1.19 bits per heavy atom. The molecule has 0 unspecified atom stereocenters. The van der Waals surface area contributed by atoms with E-state index in [1.807, 2.05) is 28.8 Å². The monoisotopic (exact) mass is 292 g/mol. The van der Waals surface area contributed by atoms with Crippen LogP contribution < -0.4 is 0 Å². The Morgan fingerprint density at radius 2 is 2.05 bits per heavy atom. The van der Waals surface area contributed by atoms with Crippen LogP contribution in [0.3, 0.4) is 0 Å². The third-order valence-corrected chi connectivity index (χ3v) is 4.81. The smallest absolute Gasteiger partial charge is 0.102 e. The summed E-state index contributed by atoms with van der Waals surface area (Å²) >= 11 is 1.79. The number of aryl methyl sites for hydroxylation is 2. The molecule has 0 bridgehead atoms. The first kappa shape index (κ1) is 13.8. The maximum atomic E-state index is 9.42.